The average Bonchev–Trinajstić information content (AvgIpc) is 2.56. The Hall–Kier alpha value is -1.14. The standard InChI is InChI=1S/C10H19N3O3/c1-13-5-3-8(10(13)15)12-9(14)7-11-4-6-16-2/h8,11H,3-7H2,1-2H3,(H,12,14). The number of methoxy groups -OCH3 is 1. The van der Waals surface area contributed by atoms with Crippen molar-refractivity contribution in [3.05, 3.63) is 0 Å². The lowest BCUT2D eigenvalue weighted by Gasteiger charge is -2.12. The van der Waals surface area contributed by atoms with Gasteiger partial charge in [0.2, 0.25) is 11.8 Å². The maximum atomic E-state index is 11.5. The minimum absolute atomic E-state index is 0.00904. The van der Waals surface area contributed by atoms with E-state index in [-0.39, 0.29) is 24.4 Å². The third-order valence-corrected chi connectivity index (χ3v) is 2.53. The maximum absolute atomic E-state index is 11.5. The summed E-state index contributed by atoms with van der Waals surface area (Å²) in [5.41, 5.74) is 0. The molecular formula is C10H19N3O3. The summed E-state index contributed by atoms with van der Waals surface area (Å²) in [7, 11) is 3.35. The zero-order chi connectivity index (χ0) is 12.0. The summed E-state index contributed by atoms with van der Waals surface area (Å²) in [4.78, 5) is 24.5. The number of carbonyl (C=O) groups excluding carboxylic acids is 2. The van der Waals surface area contributed by atoms with Crippen molar-refractivity contribution in [1.29, 1.82) is 0 Å². The van der Waals surface area contributed by atoms with Gasteiger partial charge in [-0.1, -0.05) is 0 Å². The van der Waals surface area contributed by atoms with Crippen molar-refractivity contribution in [2.24, 2.45) is 0 Å². The number of likely N-dealkylation sites (N-methyl/N-ethyl adjacent to an activating group) is 1. The first-order valence-electron chi connectivity index (χ1n) is 5.39. The van der Waals surface area contributed by atoms with Crippen LogP contribution in [0, 0.1) is 0 Å². The maximum Gasteiger partial charge on any atom is 0.244 e. The van der Waals surface area contributed by atoms with Crippen molar-refractivity contribution < 1.29 is 14.3 Å². The molecule has 0 aromatic heterocycles. The van der Waals surface area contributed by atoms with E-state index in [1.807, 2.05) is 0 Å². The van der Waals surface area contributed by atoms with Crippen LogP contribution >= 0.6 is 0 Å². The zero-order valence-electron chi connectivity index (χ0n) is 9.78. The van der Waals surface area contributed by atoms with Gasteiger partial charge < -0.3 is 20.3 Å². The molecule has 0 aromatic carbocycles. The summed E-state index contributed by atoms with van der Waals surface area (Å²) in [6, 6.07) is -0.346. The number of carbonyl (C=O) groups is 2. The number of hydrogen-bond acceptors (Lipinski definition) is 4. The van der Waals surface area contributed by atoms with Gasteiger partial charge in [-0.3, -0.25) is 9.59 Å². The largest absolute Gasteiger partial charge is 0.383 e. The molecule has 6 heteroatoms. The van der Waals surface area contributed by atoms with Gasteiger partial charge in [0, 0.05) is 27.2 Å². The topological polar surface area (TPSA) is 70.7 Å². The Morgan fingerprint density at radius 2 is 2.38 bits per heavy atom. The molecule has 1 unspecified atom stereocenters. The molecule has 1 atom stereocenters. The first-order valence-corrected chi connectivity index (χ1v) is 5.39. The van der Waals surface area contributed by atoms with Crippen LogP contribution in [0.25, 0.3) is 0 Å². The molecule has 1 aliphatic heterocycles. The van der Waals surface area contributed by atoms with E-state index in [1.165, 1.54) is 0 Å². The molecule has 0 bridgehead atoms. The molecule has 92 valence electrons. The molecule has 2 amide bonds. The summed E-state index contributed by atoms with van der Waals surface area (Å²) in [6.07, 6.45) is 0.694. The molecule has 6 nitrogen and oxygen atoms in total. The van der Waals surface area contributed by atoms with Crippen molar-refractivity contribution in [2.45, 2.75) is 12.5 Å². The SMILES string of the molecule is COCCNCC(=O)NC1CCN(C)C1=O. The highest BCUT2D eigenvalue weighted by molar-refractivity contribution is 5.89. The Balaban J connectivity index is 2.17. The number of amides is 2. The summed E-state index contributed by atoms with van der Waals surface area (Å²) < 4.78 is 4.83. The van der Waals surface area contributed by atoms with Crippen LogP contribution in [0.3, 0.4) is 0 Å². The number of ether oxygens (including phenoxy) is 1. The van der Waals surface area contributed by atoms with Crippen LogP contribution < -0.4 is 10.6 Å². The fraction of sp³-hybridized carbons (Fsp3) is 0.800. The molecular weight excluding hydrogens is 210 g/mol. The second-order valence-corrected chi connectivity index (χ2v) is 3.84. The summed E-state index contributed by atoms with van der Waals surface area (Å²) in [5.74, 6) is -0.157. The Bertz CT molecular complexity index is 258. The van der Waals surface area contributed by atoms with E-state index in [0.717, 1.165) is 0 Å². The van der Waals surface area contributed by atoms with Crippen molar-refractivity contribution in [3.8, 4) is 0 Å². The molecule has 0 aliphatic carbocycles. The molecule has 0 aromatic rings. The Kier molecular flexibility index (Phi) is 5.21. The molecule has 0 spiro atoms. The molecule has 1 aliphatic rings. The van der Waals surface area contributed by atoms with Crippen molar-refractivity contribution in [2.75, 3.05) is 40.4 Å². The number of nitrogens with one attached hydrogen (secondary N) is 2. The fourth-order valence-electron chi connectivity index (χ4n) is 1.58. The average molecular weight is 229 g/mol. The zero-order valence-corrected chi connectivity index (χ0v) is 9.78. The van der Waals surface area contributed by atoms with E-state index in [9.17, 15) is 9.59 Å². The van der Waals surface area contributed by atoms with Crippen LogP contribution in [0.15, 0.2) is 0 Å². The van der Waals surface area contributed by atoms with Crippen molar-refractivity contribution in [1.82, 2.24) is 15.5 Å². The lowest BCUT2D eigenvalue weighted by molar-refractivity contribution is -0.131. The summed E-state index contributed by atoms with van der Waals surface area (Å²) in [5, 5.41) is 5.63. The number of hydrogen-bond donors (Lipinski definition) is 2. The highest BCUT2D eigenvalue weighted by Crippen LogP contribution is 2.07. The number of likely N-dealkylation sites (tertiary alicyclic amines) is 1. The quantitative estimate of drug-likeness (QED) is 0.548. The summed E-state index contributed by atoms with van der Waals surface area (Å²) >= 11 is 0. The number of rotatable bonds is 6. The first kappa shape index (κ1) is 12.9. The Labute approximate surface area is 95.3 Å². The molecule has 1 fully saturated rings. The Morgan fingerprint density at radius 3 is 2.94 bits per heavy atom. The predicted molar refractivity (Wildman–Crippen MR) is 58.9 cm³/mol. The first-order chi connectivity index (χ1) is 7.65. The van der Waals surface area contributed by atoms with Crippen LogP contribution in [0.2, 0.25) is 0 Å². The van der Waals surface area contributed by atoms with E-state index in [2.05, 4.69) is 10.6 Å². The van der Waals surface area contributed by atoms with Crippen LogP contribution in [0.4, 0.5) is 0 Å². The second-order valence-electron chi connectivity index (χ2n) is 3.84. The molecule has 2 N–H and O–H groups in total. The normalized spacial score (nSPS) is 20.2. The molecule has 16 heavy (non-hydrogen) atoms. The highest BCUT2D eigenvalue weighted by Gasteiger charge is 2.29. The van der Waals surface area contributed by atoms with Crippen LogP contribution in [-0.2, 0) is 14.3 Å². The monoisotopic (exact) mass is 229 g/mol. The van der Waals surface area contributed by atoms with Gasteiger partial charge in [-0.25, -0.2) is 0 Å². The van der Waals surface area contributed by atoms with E-state index in [0.29, 0.717) is 26.1 Å². The van der Waals surface area contributed by atoms with E-state index < -0.39 is 0 Å². The van der Waals surface area contributed by atoms with Gasteiger partial charge in [0.1, 0.15) is 6.04 Å². The van der Waals surface area contributed by atoms with Gasteiger partial charge in [0.05, 0.1) is 13.2 Å². The summed E-state index contributed by atoms with van der Waals surface area (Å²) in [6.45, 7) is 2.12. The molecule has 1 saturated heterocycles. The lowest BCUT2D eigenvalue weighted by Crippen LogP contribution is -2.44. The van der Waals surface area contributed by atoms with Gasteiger partial charge in [0.15, 0.2) is 0 Å². The third kappa shape index (κ3) is 3.79. The van der Waals surface area contributed by atoms with Crippen molar-refractivity contribution >= 4 is 11.8 Å². The van der Waals surface area contributed by atoms with Crippen LogP contribution in [-0.4, -0.2) is 63.2 Å². The van der Waals surface area contributed by atoms with Crippen molar-refractivity contribution in [3.63, 3.8) is 0 Å². The second kappa shape index (κ2) is 6.44. The smallest absolute Gasteiger partial charge is 0.244 e. The van der Waals surface area contributed by atoms with Gasteiger partial charge in [-0.2, -0.15) is 0 Å². The van der Waals surface area contributed by atoms with Crippen LogP contribution in [0.1, 0.15) is 6.42 Å². The minimum atomic E-state index is -0.346. The van der Waals surface area contributed by atoms with E-state index in [1.54, 1.807) is 19.1 Å². The number of nitrogens with zero attached hydrogens (tertiary/aromatic N) is 1. The third-order valence-electron chi connectivity index (χ3n) is 2.53. The van der Waals surface area contributed by atoms with E-state index >= 15 is 0 Å². The lowest BCUT2D eigenvalue weighted by atomic mass is 10.2. The van der Waals surface area contributed by atoms with Gasteiger partial charge in [-0.15, -0.1) is 0 Å². The van der Waals surface area contributed by atoms with E-state index in [4.69, 9.17) is 4.74 Å². The predicted octanol–water partition coefficient (Wildman–Crippen LogP) is -1.43. The van der Waals surface area contributed by atoms with Gasteiger partial charge >= 0.3 is 0 Å². The minimum Gasteiger partial charge on any atom is -0.383 e. The highest BCUT2D eigenvalue weighted by atomic mass is 16.5. The molecule has 0 saturated carbocycles. The van der Waals surface area contributed by atoms with Crippen LogP contribution in [0.5, 0.6) is 0 Å². The molecule has 1 rings (SSSR count). The van der Waals surface area contributed by atoms with Gasteiger partial charge in [-0.05, 0) is 6.42 Å². The molecule has 0 radical (unpaired) electrons. The molecule has 1 heterocycles. The fourth-order valence-corrected chi connectivity index (χ4v) is 1.58. The Morgan fingerprint density at radius 1 is 1.62 bits per heavy atom. The van der Waals surface area contributed by atoms with Gasteiger partial charge in [0.25, 0.3) is 0 Å².